The molecule has 0 atom stereocenters. The molecule has 0 unspecified atom stereocenters. The highest BCUT2D eigenvalue weighted by Crippen LogP contribution is 2.32. The molecule has 0 aliphatic carbocycles. The molecule has 1 N–H and O–H groups in total. The third-order valence-corrected chi connectivity index (χ3v) is 4.08. The van der Waals surface area contributed by atoms with E-state index in [2.05, 4.69) is 38.2 Å². The van der Waals surface area contributed by atoms with Crippen LogP contribution in [0.1, 0.15) is 5.56 Å². The first-order chi connectivity index (χ1) is 11.3. The predicted octanol–water partition coefficient (Wildman–Crippen LogP) is 1.36. The molecule has 0 aromatic heterocycles. The van der Waals surface area contributed by atoms with Gasteiger partial charge in [-0.3, -0.25) is 9.89 Å². The van der Waals surface area contributed by atoms with Crippen molar-refractivity contribution in [2.45, 2.75) is 6.54 Å². The summed E-state index contributed by atoms with van der Waals surface area (Å²) in [5, 5.41) is 3.17. The first-order valence-corrected chi connectivity index (χ1v) is 7.80. The number of hydrogen-bond donors (Lipinski definition) is 1. The fourth-order valence-corrected chi connectivity index (χ4v) is 2.88. The Morgan fingerprint density at radius 3 is 2.71 bits per heavy atom. The molecular formula is C17H23IN4O2. The standard InChI is InChI=1S/C17H22N4O2.HI/c1-3-6-19-17(18-2)21-9-7-20(8-10-21)12-14-4-5-15-16(11-14)23-13-22-15;/h1,4-5,11H,6-10,12-13H2,2H3,(H,18,19);1H. The van der Waals surface area contributed by atoms with Crippen molar-refractivity contribution >= 4 is 29.9 Å². The van der Waals surface area contributed by atoms with Gasteiger partial charge < -0.3 is 19.7 Å². The van der Waals surface area contributed by atoms with Crippen molar-refractivity contribution in [2.24, 2.45) is 4.99 Å². The summed E-state index contributed by atoms with van der Waals surface area (Å²) in [5.74, 6) is 5.15. The summed E-state index contributed by atoms with van der Waals surface area (Å²) in [4.78, 5) is 8.96. The lowest BCUT2D eigenvalue weighted by atomic mass is 10.1. The van der Waals surface area contributed by atoms with Crippen molar-refractivity contribution in [3.8, 4) is 23.8 Å². The Morgan fingerprint density at radius 1 is 1.25 bits per heavy atom. The maximum absolute atomic E-state index is 5.44. The molecule has 1 fully saturated rings. The highest BCUT2D eigenvalue weighted by molar-refractivity contribution is 14.0. The zero-order chi connectivity index (χ0) is 16.1. The summed E-state index contributed by atoms with van der Waals surface area (Å²) in [7, 11) is 1.79. The second-order valence-corrected chi connectivity index (χ2v) is 5.56. The van der Waals surface area contributed by atoms with Crippen LogP contribution in [0.3, 0.4) is 0 Å². The van der Waals surface area contributed by atoms with E-state index in [0.717, 1.165) is 50.2 Å². The summed E-state index contributed by atoms with van der Waals surface area (Å²) in [6.07, 6.45) is 5.29. The Hall–Kier alpha value is -1.66. The van der Waals surface area contributed by atoms with Crippen molar-refractivity contribution in [1.82, 2.24) is 15.1 Å². The fraction of sp³-hybridized carbons (Fsp3) is 0.471. The molecule has 7 heteroatoms. The molecule has 3 rings (SSSR count). The average Bonchev–Trinajstić information content (AvgIpc) is 3.04. The lowest BCUT2D eigenvalue weighted by molar-refractivity contribution is 0.171. The van der Waals surface area contributed by atoms with Gasteiger partial charge in [-0.05, 0) is 17.7 Å². The second kappa shape index (κ2) is 8.99. The smallest absolute Gasteiger partial charge is 0.231 e. The topological polar surface area (TPSA) is 49.3 Å². The molecular weight excluding hydrogens is 419 g/mol. The first-order valence-electron chi connectivity index (χ1n) is 7.80. The van der Waals surface area contributed by atoms with Crippen molar-refractivity contribution in [3.05, 3.63) is 23.8 Å². The van der Waals surface area contributed by atoms with Crippen LogP contribution in [0.25, 0.3) is 0 Å². The maximum atomic E-state index is 5.44. The lowest BCUT2D eigenvalue weighted by Gasteiger charge is -2.36. The molecule has 130 valence electrons. The molecule has 1 saturated heterocycles. The van der Waals surface area contributed by atoms with Gasteiger partial charge in [0.05, 0.1) is 6.54 Å². The highest BCUT2D eigenvalue weighted by atomic mass is 127. The van der Waals surface area contributed by atoms with E-state index in [1.165, 1.54) is 5.56 Å². The van der Waals surface area contributed by atoms with Crippen LogP contribution < -0.4 is 14.8 Å². The summed E-state index contributed by atoms with van der Waals surface area (Å²) in [5.41, 5.74) is 1.25. The normalized spacial score (nSPS) is 17.2. The minimum absolute atomic E-state index is 0. The van der Waals surface area contributed by atoms with E-state index < -0.39 is 0 Å². The molecule has 0 amide bonds. The predicted molar refractivity (Wildman–Crippen MR) is 105 cm³/mol. The third kappa shape index (κ3) is 4.45. The van der Waals surface area contributed by atoms with Crippen LogP contribution >= 0.6 is 24.0 Å². The van der Waals surface area contributed by atoms with Gasteiger partial charge in [0.15, 0.2) is 17.5 Å². The number of rotatable bonds is 3. The van der Waals surface area contributed by atoms with Gasteiger partial charge in [0.2, 0.25) is 6.79 Å². The Labute approximate surface area is 160 Å². The second-order valence-electron chi connectivity index (χ2n) is 5.56. The number of guanidine groups is 1. The molecule has 0 radical (unpaired) electrons. The number of terminal acetylenes is 1. The van der Waals surface area contributed by atoms with Gasteiger partial charge >= 0.3 is 0 Å². The molecule has 2 aliphatic heterocycles. The van der Waals surface area contributed by atoms with E-state index >= 15 is 0 Å². The summed E-state index contributed by atoms with van der Waals surface area (Å²) >= 11 is 0. The lowest BCUT2D eigenvalue weighted by Crippen LogP contribution is -2.52. The van der Waals surface area contributed by atoms with Crippen LogP contribution in [0.5, 0.6) is 11.5 Å². The zero-order valence-electron chi connectivity index (χ0n) is 13.8. The summed E-state index contributed by atoms with van der Waals surface area (Å²) in [6.45, 7) is 5.60. The molecule has 6 nitrogen and oxygen atoms in total. The summed E-state index contributed by atoms with van der Waals surface area (Å²) < 4.78 is 10.8. The van der Waals surface area contributed by atoms with Crippen LogP contribution in [-0.2, 0) is 6.54 Å². The minimum Gasteiger partial charge on any atom is -0.454 e. The molecule has 0 saturated carbocycles. The Morgan fingerprint density at radius 2 is 2.00 bits per heavy atom. The number of nitrogens with one attached hydrogen (secondary N) is 1. The van der Waals surface area contributed by atoms with Crippen molar-refractivity contribution in [3.63, 3.8) is 0 Å². The zero-order valence-corrected chi connectivity index (χ0v) is 16.2. The quantitative estimate of drug-likeness (QED) is 0.332. The van der Waals surface area contributed by atoms with Gasteiger partial charge in [0.1, 0.15) is 0 Å². The van der Waals surface area contributed by atoms with E-state index in [1.807, 2.05) is 6.07 Å². The Kier molecular flexibility index (Phi) is 6.99. The van der Waals surface area contributed by atoms with Gasteiger partial charge in [-0.15, -0.1) is 30.4 Å². The molecule has 0 bridgehead atoms. The van der Waals surface area contributed by atoms with Gasteiger partial charge in [0.25, 0.3) is 0 Å². The Bertz CT molecular complexity index is 622. The third-order valence-electron chi connectivity index (χ3n) is 4.08. The number of fused-ring (bicyclic) bond motifs is 1. The van der Waals surface area contributed by atoms with E-state index in [1.54, 1.807) is 7.05 Å². The molecule has 1 aromatic carbocycles. The van der Waals surface area contributed by atoms with Gasteiger partial charge in [-0.1, -0.05) is 12.0 Å². The molecule has 24 heavy (non-hydrogen) atoms. The van der Waals surface area contributed by atoms with Crippen molar-refractivity contribution < 1.29 is 9.47 Å². The van der Waals surface area contributed by atoms with Crippen LogP contribution in [0.2, 0.25) is 0 Å². The van der Waals surface area contributed by atoms with Crippen LogP contribution in [0.15, 0.2) is 23.2 Å². The van der Waals surface area contributed by atoms with Crippen LogP contribution in [-0.4, -0.2) is 62.3 Å². The van der Waals surface area contributed by atoms with E-state index in [0.29, 0.717) is 13.3 Å². The molecule has 2 aliphatic rings. The monoisotopic (exact) mass is 442 g/mol. The van der Waals surface area contributed by atoms with Gasteiger partial charge in [-0.2, -0.15) is 0 Å². The number of hydrogen-bond acceptors (Lipinski definition) is 4. The van der Waals surface area contributed by atoms with Gasteiger partial charge in [-0.25, -0.2) is 0 Å². The maximum Gasteiger partial charge on any atom is 0.231 e. The van der Waals surface area contributed by atoms with Crippen LogP contribution in [0, 0.1) is 12.3 Å². The molecule has 2 heterocycles. The van der Waals surface area contributed by atoms with Gasteiger partial charge in [0, 0.05) is 39.8 Å². The van der Waals surface area contributed by atoms with Crippen molar-refractivity contribution in [1.29, 1.82) is 0 Å². The fourth-order valence-electron chi connectivity index (χ4n) is 2.88. The SMILES string of the molecule is C#CCNC(=NC)N1CCN(Cc2ccc3c(c2)OCO3)CC1.I. The van der Waals surface area contributed by atoms with E-state index in [9.17, 15) is 0 Å². The van der Waals surface area contributed by atoms with E-state index in [-0.39, 0.29) is 24.0 Å². The number of halogens is 1. The number of nitrogens with zero attached hydrogens (tertiary/aromatic N) is 3. The number of aliphatic imine (C=N–C) groups is 1. The molecule has 0 spiro atoms. The highest BCUT2D eigenvalue weighted by Gasteiger charge is 2.20. The average molecular weight is 442 g/mol. The first kappa shape index (κ1) is 18.7. The number of piperazine rings is 1. The Balaban J connectivity index is 0.00000208. The molecule has 1 aromatic rings. The number of ether oxygens (including phenoxy) is 2. The largest absolute Gasteiger partial charge is 0.454 e. The van der Waals surface area contributed by atoms with Crippen LogP contribution in [0.4, 0.5) is 0 Å². The van der Waals surface area contributed by atoms with Crippen molar-refractivity contribution in [2.75, 3.05) is 46.6 Å². The number of benzene rings is 1. The minimum atomic E-state index is 0. The summed E-state index contributed by atoms with van der Waals surface area (Å²) in [6, 6.07) is 6.16. The van der Waals surface area contributed by atoms with E-state index in [4.69, 9.17) is 15.9 Å².